The molecule has 1 N–H and O–H groups in total. The Kier molecular flexibility index (Phi) is 6.95. The van der Waals surface area contributed by atoms with E-state index in [4.69, 9.17) is 4.74 Å². The molecule has 1 unspecified atom stereocenters. The summed E-state index contributed by atoms with van der Waals surface area (Å²) >= 11 is 1.67. The highest BCUT2D eigenvalue weighted by atomic mass is 32.1. The Morgan fingerprint density at radius 1 is 1.36 bits per heavy atom. The van der Waals surface area contributed by atoms with Gasteiger partial charge in [-0.15, -0.1) is 11.3 Å². The minimum Gasteiger partial charge on any atom is -0.503 e. The van der Waals surface area contributed by atoms with Crippen LogP contribution in [0.2, 0.25) is 0 Å². The molecule has 4 nitrogen and oxygen atoms in total. The summed E-state index contributed by atoms with van der Waals surface area (Å²) in [6.45, 7) is 4.37. The standard InChI is InChI=1S/C20H23NO3S/c1-4-7-14(2)19-21-16(13-25-19)11-10-15-8-5-6-9-17(15)18(12-24-3)20(22)23/h5-6,8-14H,4,7H2,1-3H3,(H,22,23). The van der Waals surface area contributed by atoms with Gasteiger partial charge in [-0.05, 0) is 23.6 Å². The summed E-state index contributed by atoms with van der Waals surface area (Å²) in [6, 6.07) is 7.34. The van der Waals surface area contributed by atoms with Crippen LogP contribution in [0, 0.1) is 0 Å². The summed E-state index contributed by atoms with van der Waals surface area (Å²) in [5, 5.41) is 12.6. The molecule has 0 radical (unpaired) electrons. The van der Waals surface area contributed by atoms with Crippen LogP contribution in [0.25, 0.3) is 17.7 Å². The van der Waals surface area contributed by atoms with Crippen LogP contribution >= 0.6 is 11.3 Å². The van der Waals surface area contributed by atoms with Crippen molar-refractivity contribution >= 4 is 35.0 Å². The molecule has 1 aromatic heterocycles. The third kappa shape index (κ3) is 5.03. The predicted octanol–water partition coefficient (Wildman–Crippen LogP) is 5.29. The van der Waals surface area contributed by atoms with Crippen LogP contribution in [0.1, 0.15) is 54.4 Å². The monoisotopic (exact) mass is 357 g/mol. The fourth-order valence-corrected chi connectivity index (χ4v) is 3.45. The van der Waals surface area contributed by atoms with E-state index in [9.17, 15) is 9.90 Å². The van der Waals surface area contributed by atoms with Gasteiger partial charge in [0.15, 0.2) is 0 Å². The average molecular weight is 357 g/mol. The predicted molar refractivity (Wildman–Crippen MR) is 103 cm³/mol. The number of ether oxygens (including phenoxy) is 1. The lowest BCUT2D eigenvalue weighted by Crippen LogP contribution is -2.02. The van der Waals surface area contributed by atoms with Crippen molar-refractivity contribution in [3.05, 3.63) is 57.7 Å². The largest absolute Gasteiger partial charge is 0.503 e. The van der Waals surface area contributed by atoms with E-state index in [-0.39, 0.29) is 5.57 Å². The highest BCUT2D eigenvalue weighted by Gasteiger charge is 2.14. The van der Waals surface area contributed by atoms with Crippen molar-refractivity contribution in [1.82, 2.24) is 4.98 Å². The fourth-order valence-electron chi connectivity index (χ4n) is 2.57. The SMILES string of the molecule is CCCC(C)c1nc(C=Cc2ccccc2C(=COC)C(=O)O)cs1. The van der Waals surface area contributed by atoms with Gasteiger partial charge in [0, 0.05) is 11.3 Å². The Morgan fingerprint density at radius 2 is 2.12 bits per heavy atom. The number of rotatable bonds is 8. The molecule has 1 heterocycles. The number of methoxy groups -OCH3 is 1. The second kappa shape index (κ2) is 9.18. The molecule has 25 heavy (non-hydrogen) atoms. The van der Waals surface area contributed by atoms with Gasteiger partial charge in [0.2, 0.25) is 0 Å². The molecule has 132 valence electrons. The molecule has 0 amide bonds. The number of hydrogen-bond donors (Lipinski definition) is 1. The molecule has 1 atom stereocenters. The van der Waals surface area contributed by atoms with E-state index < -0.39 is 5.97 Å². The first-order chi connectivity index (χ1) is 12.1. The van der Waals surface area contributed by atoms with Gasteiger partial charge in [0.05, 0.1) is 24.1 Å². The van der Waals surface area contributed by atoms with Crippen molar-refractivity contribution in [2.75, 3.05) is 7.11 Å². The van der Waals surface area contributed by atoms with Gasteiger partial charge in [0.1, 0.15) is 5.57 Å². The third-order valence-electron chi connectivity index (χ3n) is 3.83. The number of hydrogen-bond acceptors (Lipinski definition) is 4. The van der Waals surface area contributed by atoms with Crippen LogP contribution in [0.5, 0.6) is 0 Å². The number of nitrogens with zero attached hydrogens (tertiary/aromatic N) is 1. The summed E-state index contributed by atoms with van der Waals surface area (Å²) in [4.78, 5) is 16.1. The normalized spacial score (nSPS) is 13.2. The van der Waals surface area contributed by atoms with Crippen LogP contribution in [-0.2, 0) is 9.53 Å². The first kappa shape index (κ1) is 18.9. The number of carboxylic acids is 1. The zero-order valence-corrected chi connectivity index (χ0v) is 15.5. The van der Waals surface area contributed by atoms with Gasteiger partial charge in [0.25, 0.3) is 0 Å². The number of aromatic nitrogens is 1. The van der Waals surface area contributed by atoms with Gasteiger partial charge in [-0.25, -0.2) is 9.78 Å². The molecule has 0 aliphatic carbocycles. The van der Waals surface area contributed by atoms with Gasteiger partial charge in [-0.2, -0.15) is 0 Å². The maximum atomic E-state index is 11.5. The summed E-state index contributed by atoms with van der Waals surface area (Å²) in [5.41, 5.74) is 2.44. The fraction of sp³-hybridized carbons (Fsp3) is 0.300. The summed E-state index contributed by atoms with van der Waals surface area (Å²) < 4.78 is 4.91. The molecule has 0 bridgehead atoms. The van der Waals surface area contributed by atoms with E-state index in [0.717, 1.165) is 29.1 Å². The van der Waals surface area contributed by atoms with E-state index >= 15 is 0 Å². The number of carboxylic acid groups (broad SMARTS) is 1. The van der Waals surface area contributed by atoms with Crippen LogP contribution < -0.4 is 0 Å². The molecule has 0 fully saturated rings. The summed E-state index contributed by atoms with van der Waals surface area (Å²) in [6.07, 6.45) is 7.34. The molecule has 0 saturated heterocycles. The average Bonchev–Trinajstić information content (AvgIpc) is 3.07. The summed E-state index contributed by atoms with van der Waals surface area (Å²) in [5.74, 6) is -0.556. The van der Waals surface area contributed by atoms with E-state index in [0.29, 0.717) is 11.5 Å². The molecule has 0 spiro atoms. The topological polar surface area (TPSA) is 59.4 Å². The number of thiazole rings is 1. The van der Waals surface area contributed by atoms with Crippen LogP contribution in [-0.4, -0.2) is 23.2 Å². The van der Waals surface area contributed by atoms with Crippen molar-refractivity contribution in [3.8, 4) is 0 Å². The highest BCUT2D eigenvalue weighted by Crippen LogP contribution is 2.26. The zero-order chi connectivity index (χ0) is 18.2. The molecule has 2 rings (SSSR count). The number of benzene rings is 1. The van der Waals surface area contributed by atoms with Gasteiger partial charge in [-0.1, -0.05) is 50.6 Å². The van der Waals surface area contributed by atoms with E-state index in [1.165, 1.54) is 13.4 Å². The van der Waals surface area contributed by atoms with Crippen molar-refractivity contribution in [2.24, 2.45) is 0 Å². The molecule has 5 heteroatoms. The lowest BCUT2D eigenvalue weighted by molar-refractivity contribution is -0.130. The number of aliphatic carboxylic acids is 1. The molecule has 0 aliphatic heterocycles. The molecule has 2 aromatic rings. The minimum absolute atomic E-state index is 0.123. The van der Waals surface area contributed by atoms with E-state index in [2.05, 4.69) is 18.8 Å². The zero-order valence-electron chi connectivity index (χ0n) is 14.7. The van der Waals surface area contributed by atoms with Crippen LogP contribution in [0.3, 0.4) is 0 Å². The molecular formula is C20H23NO3S. The van der Waals surface area contributed by atoms with Crippen LogP contribution in [0.15, 0.2) is 35.9 Å². The first-order valence-electron chi connectivity index (χ1n) is 8.26. The van der Waals surface area contributed by atoms with Crippen molar-refractivity contribution < 1.29 is 14.6 Å². The first-order valence-corrected chi connectivity index (χ1v) is 9.14. The smallest absolute Gasteiger partial charge is 0.339 e. The van der Waals surface area contributed by atoms with Crippen LogP contribution in [0.4, 0.5) is 0 Å². The lowest BCUT2D eigenvalue weighted by atomic mass is 10.00. The van der Waals surface area contributed by atoms with Crippen molar-refractivity contribution in [2.45, 2.75) is 32.6 Å². The van der Waals surface area contributed by atoms with Gasteiger partial charge in [-0.3, -0.25) is 0 Å². The second-order valence-electron chi connectivity index (χ2n) is 5.79. The Balaban J connectivity index is 2.28. The van der Waals surface area contributed by atoms with E-state index in [1.54, 1.807) is 17.4 Å². The Labute approximate surface area is 152 Å². The summed E-state index contributed by atoms with van der Waals surface area (Å²) in [7, 11) is 1.44. The number of carbonyl (C=O) groups is 1. The maximum absolute atomic E-state index is 11.5. The van der Waals surface area contributed by atoms with Crippen molar-refractivity contribution in [3.63, 3.8) is 0 Å². The van der Waals surface area contributed by atoms with Gasteiger partial charge < -0.3 is 9.84 Å². The highest BCUT2D eigenvalue weighted by molar-refractivity contribution is 7.09. The molecule has 0 aliphatic rings. The maximum Gasteiger partial charge on any atom is 0.339 e. The Hall–Kier alpha value is -2.40. The van der Waals surface area contributed by atoms with Gasteiger partial charge >= 0.3 is 5.97 Å². The lowest BCUT2D eigenvalue weighted by Gasteiger charge is -2.06. The Bertz CT molecular complexity index is 777. The third-order valence-corrected chi connectivity index (χ3v) is 4.93. The quantitative estimate of drug-likeness (QED) is 0.515. The van der Waals surface area contributed by atoms with E-state index in [1.807, 2.05) is 35.7 Å². The minimum atomic E-state index is -1.02. The van der Waals surface area contributed by atoms with Crippen molar-refractivity contribution in [1.29, 1.82) is 0 Å². The molecule has 1 aromatic carbocycles. The second-order valence-corrected chi connectivity index (χ2v) is 6.68. The molecule has 0 saturated carbocycles. The molecular weight excluding hydrogens is 334 g/mol. The Morgan fingerprint density at radius 3 is 2.80 bits per heavy atom.